The summed E-state index contributed by atoms with van der Waals surface area (Å²) < 4.78 is 0. The number of benzene rings is 3. The van der Waals surface area contributed by atoms with Crippen LogP contribution in [0.3, 0.4) is 0 Å². The molecule has 5 rings (SSSR count). The lowest BCUT2D eigenvalue weighted by atomic mass is 9.97. The van der Waals surface area contributed by atoms with Crippen molar-refractivity contribution < 1.29 is 15.0 Å². The second-order valence-corrected chi connectivity index (χ2v) is 11.0. The van der Waals surface area contributed by atoms with Crippen molar-refractivity contribution in [2.45, 2.75) is 33.4 Å². The predicted octanol–water partition coefficient (Wildman–Crippen LogP) is 5.78. The molecule has 7 heteroatoms. The van der Waals surface area contributed by atoms with Crippen molar-refractivity contribution in [1.29, 1.82) is 0 Å². The summed E-state index contributed by atoms with van der Waals surface area (Å²) >= 11 is 0. The van der Waals surface area contributed by atoms with E-state index in [2.05, 4.69) is 82.4 Å². The van der Waals surface area contributed by atoms with Gasteiger partial charge >= 0.3 is 5.97 Å². The molecule has 41 heavy (non-hydrogen) atoms. The minimum Gasteiger partial charge on any atom is -0.506 e. The summed E-state index contributed by atoms with van der Waals surface area (Å²) in [6.45, 7) is 8.86. The van der Waals surface area contributed by atoms with E-state index >= 15 is 0 Å². The molecule has 1 fully saturated rings. The van der Waals surface area contributed by atoms with E-state index in [4.69, 9.17) is 0 Å². The van der Waals surface area contributed by atoms with E-state index in [-0.39, 0.29) is 0 Å². The van der Waals surface area contributed by atoms with Gasteiger partial charge < -0.3 is 20.1 Å². The van der Waals surface area contributed by atoms with Gasteiger partial charge in [0.15, 0.2) is 5.56 Å². The van der Waals surface area contributed by atoms with Crippen LogP contribution in [0.2, 0.25) is 0 Å². The minimum absolute atomic E-state index is 0.383. The van der Waals surface area contributed by atoms with E-state index in [0.717, 1.165) is 44.0 Å². The fourth-order valence-corrected chi connectivity index (χ4v) is 5.94. The van der Waals surface area contributed by atoms with Crippen LogP contribution in [-0.2, 0) is 19.5 Å². The molecule has 1 aliphatic heterocycles. The lowest BCUT2D eigenvalue weighted by Crippen LogP contribution is -2.32. The maximum Gasteiger partial charge on any atom is 0.345 e. The maximum atomic E-state index is 12.4. The Morgan fingerprint density at radius 3 is 2.05 bits per heavy atom. The molecule has 0 radical (unpaired) electrons. The summed E-state index contributed by atoms with van der Waals surface area (Å²) in [5, 5.41) is 19.9. The van der Waals surface area contributed by atoms with Gasteiger partial charge in [-0.3, -0.25) is 9.69 Å². The van der Waals surface area contributed by atoms with Gasteiger partial charge in [0.25, 0.3) is 5.56 Å². The number of aromatic carboxylic acids is 1. The van der Waals surface area contributed by atoms with E-state index in [1.54, 1.807) is 0 Å². The molecule has 2 atom stereocenters. The van der Waals surface area contributed by atoms with Gasteiger partial charge in [-0.05, 0) is 47.1 Å². The monoisotopic (exact) mass is 551 g/mol. The second kappa shape index (κ2) is 12.4. The summed E-state index contributed by atoms with van der Waals surface area (Å²) in [5.41, 5.74) is 3.91. The first-order chi connectivity index (χ1) is 19.8. The number of hydrogen-bond donors (Lipinski definition) is 3. The molecular weight excluding hydrogens is 514 g/mol. The molecule has 1 aliphatic rings. The van der Waals surface area contributed by atoms with Crippen LogP contribution in [0.1, 0.15) is 40.9 Å². The molecule has 212 valence electrons. The molecule has 7 nitrogen and oxygen atoms in total. The van der Waals surface area contributed by atoms with Crippen molar-refractivity contribution in [3.8, 4) is 17.0 Å². The Balaban J connectivity index is 1.32. The number of nitrogens with one attached hydrogen (secondary N) is 1. The van der Waals surface area contributed by atoms with Crippen molar-refractivity contribution in [2.75, 3.05) is 24.5 Å². The molecule has 0 spiro atoms. The standard InChI is InChI=1S/C34H37N3O4/c1-3-29-31(35-33(39)30(32(29)38)34(40)41)26-14-16-28(17-15-26)37-18-23(2)27(22-37)21-36(19-24-10-6-4-7-11-24)20-25-12-8-5-9-13-25/h4-17,23,27H,3,18-22H2,1-2H3,(H,40,41)(H2,35,38,39)/t23-,27+/m0/s1. The summed E-state index contributed by atoms with van der Waals surface area (Å²) in [6, 6.07) is 29.2. The molecule has 3 aromatic carbocycles. The van der Waals surface area contributed by atoms with Crippen LogP contribution in [-0.4, -0.2) is 45.7 Å². The van der Waals surface area contributed by atoms with Gasteiger partial charge in [-0.1, -0.05) is 86.6 Å². The quantitative estimate of drug-likeness (QED) is 0.231. The number of aromatic hydroxyl groups is 1. The Hall–Kier alpha value is -4.36. The van der Waals surface area contributed by atoms with Gasteiger partial charge in [0, 0.05) is 44.0 Å². The van der Waals surface area contributed by atoms with Gasteiger partial charge in [-0.25, -0.2) is 4.79 Å². The van der Waals surface area contributed by atoms with Crippen LogP contribution >= 0.6 is 0 Å². The van der Waals surface area contributed by atoms with E-state index in [1.807, 2.05) is 31.2 Å². The minimum atomic E-state index is -1.44. The van der Waals surface area contributed by atoms with Crippen molar-refractivity contribution in [1.82, 2.24) is 9.88 Å². The highest BCUT2D eigenvalue weighted by atomic mass is 16.4. The van der Waals surface area contributed by atoms with Crippen molar-refractivity contribution in [3.05, 3.63) is 118 Å². The number of pyridine rings is 1. The van der Waals surface area contributed by atoms with Gasteiger partial charge in [-0.15, -0.1) is 0 Å². The number of aromatic amines is 1. The number of nitrogens with zero attached hydrogens (tertiary/aromatic N) is 2. The zero-order chi connectivity index (χ0) is 28.9. The Morgan fingerprint density at radius 2 is 1.51 bits per heavy atom. The van der Waals surface area contributed by atoms with E-state index in [0.29, 0.717) is 29.5 Å². The largest absolute Gasteiger partial charge is 0.506 e. The lowest BCUT2D eigenvalue weighted by molar-refractivity contribution is 0.0691. The topological polar surface area (TPSA) is 96.9 Å². The summed E-state index contributed by atoms with van der Waals surface area (Å²) in [4.78, 5) is 31.5. The number of carboxylic acids is 1. The van der Waals surface area contributed by atoms with Crippen LogP contribution in [0, 0.1) is 11.8 Å². The third-order valence-electron chi connectivity index (χ3n) is 8.14. The van der Waals surface area contributed by atoms with Gasteiger partial charge in [0.05, 0.1) is 5.69 Å². The van der Waals surface area contributed by atoms with Gasteiger partial charge in [-0.2, -0.15) is 0 Å². The molecule has 1 aromatic heterocycles. The summed E-state index contributed by atoms with van der Waals surface area (Å²) in [5.74, 6) is -0.878. The molecule has 0 amide bonds. The molecule has 0 saturated carbocycles. The lowest BCUT2D eigenvalue weighted by Gasteiger charge is -2.27. The number of anilines is 1. The fraction of sp³-hybridized carbons (Fsp3) is 0.294. The molecule has 3 N–H and O–H groups in total. The molecule has 0 unspecified atom stereocenters. The second-order valence-electron chi connectivity index (χ2n) is 11.0. The average Bonchev–Trinajstić information content (AvgIpc) is 3.33. The average molecular weight is 552 g/mol. The normalized spacial score (nSPS) is 16.8. The first-order valence-electron chi connectivity index (χ1n) is 14.2. The van der Waals surface area contributed by atoms with Crippen LogP contribution in [0.25, 0.3) is 11.3 Å². The van der Waals surface area contributed by atoms with Crippen LogP contribution in [0.5, 0.6) is 5.75 Å². The van der Waals surface area contributed by atoms with Crippen LogP contribution in [0.4, 0.5) is 5.69 Å². The number of carboxylic acid groups (broad SMARTS) is 1. The first kappa shape index (κ1) is 28.2. The summed E-state index contributed by atoms with van der Waals surface area (Å²) in [7, 11) is 0. The Kier molecular flexibility index (Phi) is 8.55. The highest BCUT2D eigenvalue weighted by Crippen LogP contribution is 2.33. The summed E-state index contributed by atoms with van der Waals surface area (Å²) in [6.07, 6.45) is 0.383. The van der Waals surface area contributed by atoms with Gasteiger partial charge in [0.1, 0.15) is 5.75 Å². The molecular formula is C34H37N3O4. The first-order valence-corrected chi connectivity index (χ1v) is 14.2. The molecule has 1 saturated heterocycles. The van der Waals surface area contributed by atoms with E-state index in [9.17, 15) is 19.8 Å². The smallest absolute Gasteiger partial charge is 0.345 e. The Labute approximate surface area is 240 Å². The van der Waals surface area contributed by atoms with E-state index in [1.165, 1.54) is 11.1 Å². The molecule has 0 aliphatic carbocycles. The predicted molar refractivity (Wildman–Crippen MR) is 162 cm³/mol. The van der Waals surface area contributed by atoms with Crippen LogP contribution in [0.15, 0.2) is 89.7 Å². The molecule has 2 heterocycles. The number of aromatic nitrogens is 1. The number of hydrogen-bond acceptors (Lipinski definition) is 5. The third-order valence-corrected chi connectivity index (χ3v) is 8.14. The molecule has 4 aromatic rings. The van der Waals surface area contributed by atoms with Crippen molar-refractivity contribution in [2.24, 2.45) is 11.8 Å². The van der Waals surface area contributed by atoms with Gasteiger partial charge in [0.2, 0.25) is 0 Å². The highest BCUT2D eigenvalue weighted by Gasteiger charge is 2.31. The van der Waals surface area contributed by atoms with E-state index < -0.39 is 22.8 Å². The highest BCUT2D eigenvalue weighted by molar-refractivity contribution is 5.92. The molecule has 0 bridgehead atoms. The zero-order valence-electron chi connectivity index (χ0n) is 23.6. The number of rotatable bonds is 10. The Bertz CT molecular complexity index is 1490. The number of H-pyrrole nitrogens is 1. The SMILES string of the molecule is CCc1c(-c2ccc(N3C[C@@H](CN(Cc4ccccc4)Cc4ccccc4)[C@@H](C)C3)cc2)[nH]c(=O)c(C(=O)O)c1O. The zero-order valence-corrected chi connectivity index (χ0v) is 23.6. The third kappa shape index (κ3) is 6.36. The maximum absolute atomic E-state index is 12.4. The van der Waals surface area contributed by atoms with Crippen LogP contribution < -0.4 is 10.5 Å². The van der Waals surface area contributed by atoms with Crippen molar-refractivity contribution in [3.63, 3.8) is 0 Å². The fourth-order valence-electron chi connectivity index (χ4n) is 5.94. The Morgan fingerprint density at radius 1 is 0.927 bits per heavy atom. The van der Waals surface area contributed by atoms with Crippen molar-refractivity contribution >= 4 is 11.7 Å². The number of carbonyl (C=O) groups is 1.